The normalized spacial score (nSPS) is 14.7. The minimum Gasteiger partial charge on any atom is -0.494 e. The molecule has 2 aromatic heterocycles. The Morgan fingerprint density at radius 1 is 1.06 bits per heavy atom. The van der Waals surface area contributed by atoms with Crippen LogP contribution in [0.15, 0.2) is 63.1 Å². The summed E-state index contributed by atoms with van der Waals surface area (Å²) in [5.41, 5.74) is 0.920. The molecule has 1 saturated heterocycles. The predicted molar refractivity (Wildman–Crippen MR) is 112 cm³/mol. The first-order chi connectivity index (χ1) is 15.5. The number of hydrogen-bond acceptors (Lipinski definition) is 7. The molecule has 0 unspecified atom stereocenters. The maximum Gasteiger partial charge on any atom is 0.373 e. The number of rotatable bonds is 7. The SMILES string of the molecule is CCOc1ccc(-c2ccc(/C=C3\NC(=O)N(Cc4ccc(C(=O)OC)o4)C3=O)o2)cc1. The Morgan fingerprint density at radius 3 is 2.56 bits per heavy atom. The van der Waals surface area contributed by atoms with Gasteiger partial charge >= 0.3 is 12.0 Å². The number of esters is 1. The van der Waals surface area contributed by atoms with E-state index >= 15 is 0 Å². The van der Waals surface area contributed by atoms with Crippen LogP contribution in [-0.4, -0.2) is 36.5 Å². The van der Waals surface area contributed by atoms with Crippen LogP contribution in [-0.2, 0) is 16.1 Å². The highest BCUT2D eigenvalue weighted by molar-refractivity contribution is 6.13. The van der Waals surface area contributed by atoms with Crippen LogP contribution in [0.3, 0.4) is 0 Å². The first kappa shape index (κ1) is 21.0. The molecule has 0 spiro atoms. The zero-order valence-electron chi connectivity index (χ0n) is 17.4. The Balaban J connectivity index is 1.47. The van der Waals surface area contributed by atoms with Crippen LogP contribution in [0.4, 0.5) is 4.79 Å². The van der Waals surface area contributed by atoms with Gasteiger partial charge in [0.2, 0.25) is 5.76 Å². The van der Waals surface area contributed by atoms with E-state index in [1.807, 2.05) is 31.2 Å². The minimum atomic E-state index is -0.643. The van der Waals surface area contributed by atoms with Gasteiger partial charge in [-0.05, 0) is 55.5 Å². The van der Waals surface area contributed by atoms with E-state index in [2.05, 4.69) is 10.1 Å². The van der Waals surface area contributed by atoms with Gasteiger partial charge in [0.1, 0.15) is 28.7 Å². The number of urea groups is 1. The van der Waals surface area contributed by atoms with Gasteiger partial charge < -0.3 is 23.6 Å². The van der Waals surface area contributed by atoms with Crippen molar-refractivity contribution in [2.45, 2.75) is 13.5 Å². The number of methoxy groups -OCH3 is 1. The van der Waals surface area contributed by atoms with E-state index in [4.69, 9.17) is 13.6 Å². The quantitative estimate of drug-likeness (QED) is 0.340. The Kier molecular flexibility index (Phi) is 5.80. The van der Waals surface area contributed by atoms with Crippen LogP contribution in [0.1, 0.15) is 29.0 Å². The first-order valence-electron chi connectivity index (χ1n) is 9.83. The van der Waals surface area contributed by atoms with Crippen molar-refractivity contribution in [3.8, 4) is 17.1 Å². The summed E-state index contributed by atoms with van der Waals surface area (Å²) in [4.78, 5) is 37.4. The molecule has 1 aliphatic rings. The molecule has 0 aliphatic carbocycles. The third-order valence-corrected chi connectivity index (χ3v) is 4.69. The van der Waals surface area contributed by atoms with Gasteiger partial charge in [-0.15, -0.1) is 0 Å². The van der Waals surface area contributed by atoms with Gasteiger partial charge in [-0.3, -0.25) is 9.69 Å². The fraction of sp³-hybridized carbons (Fsp3) is 0.174. The summed E-state index contributed by atoms with van der Waals surface area (Å²) in [6.07, 6.45) is 1.46. The van der Waals surface area contributed by atoms with E-state index in [0.29, 0.717) is 18.1 Å². The van der Waals surface area contributed by atoms with Crippen molar-refractivity contribution in [2.75, 3.05) is 13.7 Å². The number of carbonyl (C=O) groups is 3. The number of hydrogen-bond donors (Lipinski definition) is 1. The number of nitrogens with zero attached hydrogens (tertiary/aromatic N) is 1. The van der Waals surface area contributed by atoms with Crippen molar-refractivity contribution >= 4 is 24.0 Å². The molecular formula is C23H20N2O7. The summed E-state index contributed by atoms with van der Waals surface area (Å²) >= 11 is 0. The van der Waals surface area contributed by atoms with Crippen LogP contribution in [0.2, 0.25) is 0 Å². The highest BCUT2D eigenvalue weighted by Crippen LogP contribution is 2.26. The summed E-state index contributed by atoms with van der Waals surface area (Å²) in [5.74, 6) is 0.860. The van der Waals surface area contributed by atoms with Gasteiger partial charge in [0.25, 0.3) is 5.91 Å². The van der Waals surface area contributed by atoms with Gasteiger partial charge in [0.05, 0.1) is 20.3 Å². The number of carbonyl (C=O) groups excluding carboxylic acids is 3. The average Bonchev–Trinajstić information content (AvgIpc) is 3.51. The van der Waals surface area contributed by atoms with Crippen molar-refractivity contribution in [3.05, 3.63) is 71.5 Å². The molecule has 3 aromatic rings. The molecule has 3 amide bonds. The van der Waals surface area contributed by atoms with Crippen LogP contribution in [0, 0.1) is 0 Å². The first-order valence-corrected chi connectivity index (χ1v) is 9.83. The maximum absolute atomic E-state index is 12.7. The standard InChI is InChI=1S/C23H20N2O7/c1-3-30-15-6-4-14(5-7-15)19-10-8-16(31-19)12-18-21(26)25(23(28)24-18)13-17-9-11-20(32-17)22(27)29-2/h4-12H,3,13H2,1-2H3,(H,24,28)/b18-12-. The van der Waals surface area contributed by atoms with Crippen molar-refractivity contribution in [1.82, 2.24) is 10.2 Å². The zero-order valence-corrected chi connectivity index (χ0v) is 17.4. The topological polar surface area (TPSA) is 111 Å². The Bertz CT molecular complexity index is 1190. The molecule has 164 valence electrons. The highest BCUT2D eigenvalue weighted by Gasteiger charge is 2.34. The van der Waals surface area contributed by atoms with E-state index in [0.717, 1.165) is 16.2 Å². The molecule has 32 heavy (non-hydrogen) atoms. The summed E-state index contributed by atoms with van der Waals surface area (Å²) in [7, 11) is 1.23. The maximum atomic E-state index is 12.7. The molecule has 1 N–H and O–H groups in total. The van der Waals surface area contributed by atoms with Crippen LogP contribution < -0.4 is 10.1 Å². The monoisotopic (exact) mass is 436 g/mol. The van der Waals surface area contributed by atoms with Gasteiger partial charge in [0.15, 0.2) is 0 Å². The molecule has 1 aliphatic heterocycles. The molecule has 3 heterocycles. The molecule has 9 heteroatoms. The molecule has 0 atom stereocenters. The molecule has 4 rings (SSSR count). The fourth-order valence-electron chi connectivity index (χ4n) is 3.15. The average molecular weight is 436 g/mol. The van der Waals surface area contributed by atoms with Crippen LogP contribution in [0.5, 0.6) is 5.75 Å². The van der Waals surface area contributed by atoms with Gasteiger partial charge in [0, 0.05) is 11.6 Å². The smallest absolute Gasteiger partial charge is 0.373 e. The zero-order chi connectivity index (χ0) is 22.7. The second-order valence-corrected chi connectivity index (χ2v) is 6.80. The second-order valence-electron chi connectivity index (χ2n) is 6.80. The molecule has 0 saturated carbocycles. The lowest BCUT2D eigenvalue weighted by molar-refractivity contribution is -0.123. The lowest BCUT2D eigenvalue weighted by Gasteiger charge is -2.09. The van der Waals surface area contributed by atoms with E-state index in [9.17, 15) is 14.4 Å². The summed E-state index contributed by atoms with van der Waals surface area (Å²) in [5, 5.41) is 2.52. The Hall–Kier alpha value is -4.27. The van der Waals surface area contributed by atoms with Crippen LogP contribution in [0.25, 0.3) is 17.4 Å². The molecule has 1 aromatic carbocycles. The molecule has 0 bridgehead atoms. The fourth-order valence-corrected chi connectivity index (χ4v) is 3.15. The van der Waals surface area contributed by atoms with Crippen molar-refractivity contribution < 1.29 is 32.7 Å². The predicted octanol–water partition coefficient (Wildman–Crippen LogP) is 3.82. The third-order valence-electron chi connectivity index (χ3n) is 4.69. The van der Waals surface area contributed by atoms with Crippen molar-refractivity contribution in [3.63, 3.8) is 0 Å². The number of nitrogens with one attached hydrogen (secondary N) is 1. The van der Waals surface area contributed by atoms with E-state index in [1.54, 1.807) is 12.1 Å². The van der Waals surface area contributed by atoms with E-state index < -0.39 is 17.9 Å². The molecule has 0 radical (unpaired) electrons. The minimum absolute atomic E-state index is 0.0114. The molecule has 9 nitrogen and oxygen atoms in total. The summed E-state index contributed by atoms with van der Waals surface area (Å²) in [6, 6.07) is 13.2. The van der Waals surface area contributed by atoms with Gasteiger partial charge in [-0.1, -0.05) is 0 Å². The second kappa shape index (κ2) is 8.84. The lowest BCUT2D eigenvalue weighted by Crippen LogP contribution is -2.30. The third kappa shape index (κ3) is 4.27. The number of furan rings is 2. The Morgan fingerprint density at radius 2 is 1.84 bits per heavy atom. The van der Waals surface area contributed by atoms with Crippen molar-refractivity contribution in [1.29, 1.82) is 0 Å². The van der Waals surface area contributed by atoms with Gasteiger partial charge in [-0.2, -0.15) is 0 Å². The highest BCUT2D eigenvalue weighted by atomic mass is 16.5. The number of imide groups is 1. The van der Waals surface area contributed by atoms with Gasteiger partial charge in [-0.25, -0.2) is 9.59 Å². The number of ether oxygens (including phenoxy) is 2. The van der Waals surface area contributed by atoms with E-state index in [-0.39, 0.29) is 23.8 Å². The summed E-state index contributed by atoms with van der Waals surface area (Å²) in [6.45, 7) is 2.37. The Labute approximate surface area is 183 Å². The lowest BCUT2D eigenvalue weighted by atomic mass is 10.2. The van der Waals surface area contributed by atoms with Crippen LogP contribution >= 0.6 is 0 Å². The molecular weight excluding hydrogens is 416 g/mol. The van der Waals surface area contributed by atoms with Crippen molar-refractivity contribution in [2.24, 2.45) is 0 Å². The largest absolute Gasteiger partial charge is 0.494 e. The number of benzene rings is 1. The van der Waals surface area contributed by atoms with E-state index in [1.165, 1.54) is 25.3 Å². The summed E-state index contributed by atoms with van der Waals surface area (Å²) < 4.78 is 21.1. The number of amides is 3. The molecule has 1 fully saturated rings.